The van der Waals surface area contributed by atoms with E-state index >= 15 is 0 Å². The van der Waals surface area contributed by atoms with Gasteiger partial charge >= 0.3 is 0 Å². The van der Waals surface area contributed by atoms with E-state index in [1.165, 1.54) is 0 Å². The second-order valence-electron chi connectivity index (χ2n) is 4.07. The number of alkyl halides is 1. The van der Waals surface area contributed by atoms with Crippen molar-refractivity contribution in [3.8, 4) is 0 Å². The second-order valence-corrected chi connectivity index (χ2v) is 5.48. The van der Waals surface area contributed by atoms with Crippen LogP contribution in [-0.4, -0.2) is 66.3 Å². The van der Waals surface area contributed by atoms with Crippen molar-refractivity contribution < 1.29 is 4.79 Å². The molecule has 5 heteroatoms. The Balaban J connectivity index is 2.62. The van der Waals surface area contributed by atoms with Gasteiger partial charge in [-0.1, -0.05) is 0 Å². The van der Waals surface area contributed by atoms with Crippen LogP contribution in [0.2, 0.25) is 0 Å². The molecule has 1 amide bonds. The summed E-state index contributed by atoms with van der Waals surface area (Å²) in [5.41, 5.74) is 0. The Kier molecular flexibility index (Phi) is 5.79. The fraction of sp³-hybridized carbons (Fsp3) is 0.900. The lowest BCUT2D eigenvalue weighted by Crippen LogP contribution is -2.47. The van der Waals surface area contributed by atoms with E-state index < -0.39 is 0 Å². The normalized spacial score (nSPS) is 22.9. The van der Waals surface area contributed by atoms with Crippen LogP contribution in [0.3, 0.4) is 0 Å². The molecule has 1 saturated heterocycles. The minimum Gasteiger partial charge on any atom is -0.337 e. The fourth-order valence-electron chi connectivity index (χ4n) is 1.81. The fourth-order valence-corrected chi connectivity index (χ4v) is 3.02. The molecule has 1 unspecified atom stereocenters. The minimum absolute atomic E-state index is 0.0750. The Labute approximate surface area is 101 Å². The summed E-state index contributed by atoms with van der Waals surface area (Å²) in [4.78, 5) is 15.8. The topological polar surface area (TPSA) is 23.6 Å². The van der Waals surface area contributed by atoms with Crippen LogP contribution < -0.4 is 0 Å². The molecule has 0 saturated carbocycles. The first-order chi connectivity index (χ1) is 7.15. The van der Waals surface area contributed by atoms with Gasteiger partial charge in [-0.25, -0.2) is 0 Å². The molecule has 0 aromatic heterocycles. The van der Waals surface area contributed by atoms with Crippen molar-refractivity contribution in [3.63, 3.8) is 0 Å². The molecule has 0 aliphatic carbocycles. The van der Waals surface area contributed by atoms with Crippen LogP contribution in [0.1, 0.15) is 6.42 Å². The van der Waals surface area contributed by atoms with Crippen LogP contribution in [0.15, 0.2) is 0 Å². The molecule has 1 aliphatic rings. The van der Waals surface area contributed by atoms with Crippen molar-refractivity contribution >= 4 is 29.3 Å². The molecule has 1 aliphatic heterocycles. The maximum Gasteiger partial charge on any atom is 0.237 e. The van der Waals surface area contributed by atoms with Crippen molar-refractivity contribution in [2.45, 2.75) is 12.5 Å². The third kappa shape index (κ3) is 4.21. The van der Waals surface area contributed by atoms with E-state index in [1.807, 2.05) is 30.8 Å². The Bertz CT molecular complexity index is 214. The van der Waals surface area contributed by atoms with Crippen molar-refractivity contribution in [2.75, 3.05) is 44.6 Å². The van der Waals surface area contributed by atoms with Gasteiger partial charge in [0.1, 0.15) is 5.88 Å². The van der Waals surface area contributed by atoms with Crippen molar-refractivity contribution in [3.05, 3.63) is 0 Å². The largest absolute Gasteiger partial charge is 0.337 e. The van der Waals surface area contributed by atoms with Gasteiger partial charge in [-0.2, -0.15) is 11.8 Å². The number of rotatable bonds is 3. The van der Waals surface area contributed by atoms with E-state index in [0.717, 1.165) is 31.0 Å². The Morgan fingerprint density at radius 2 is 2.33 bits per heavy atom. The lowest BCUT2D eigenvalue weighted by molar-refractivity contribution is -0.130. The molecule has 1 atom stereocenters. The van der Waals surface area contributed by atoms with Gasteiger partial charge in [0.2, 0.25) is 5.91 Å². The number of hydrogen-bond donors (Lipinski definition) is 0. The van der Waals surface area contributed by atoms with Crippen molar-refractivity contribution in [1.29, 1.82) is 0 Å². The first kappa shape index (κ1) is 13.1. The average molecular weight is 251 g/mol. The molecule has 0 radical (unpaired) electrons. The summed E-state index contributed by atoms with van der Waals surface area (Å²) in [5.74, 6) is 2.36. The number of carbonyl (C=O) groups excluding carboxylic acids is 1. The van der Waals surface area contributed by atoms with Crippen LogP contribution in [-0.2, 0) is 4.79 Å². The lowest BCUT2D eigenvalue weighted by atomic mass is 10.2. The van der Waals surface area contributed by atoms with E-state index in [2.05, 4.69) is 4.90 Å². The summed E-state index contributed by atoms with van der Waals surface area (Å²) in [7, 11) is 4.08. The van der Waals surface area contributed by atoms with Crippen molar-refractivity contribution in [1.82, 2.24) is 9.80 Å². The summed E-state index contributed by atoms with van der Waals surface area (Å²) in [5, 5.41) is 0. The number of thioether (sulfide) groups is 1. The van der Waals surface area contributed by atoms with Gasteiger partial charge in [0.25, 0.3) is 0 Å². The van der Waals surface area contributed by atoms with Gasteiger partial charge in [0.05, 0.1) is 6.04 Å². The zero-order chi connectivity index (χ0) is 11.3. The molecule has 1 rings (SSSR count). The number of amides is 1. The second kappa shape index (κ2) is 6.61. The van der Waals surface area contributed by atoms with Crippen molar-refractivity contribution in [2.24, 2.45) is 0 Å². The zero-order valence-electron chi connectivity index (χ0n) is 9.41. The molecule has 1 fully saturated rings. The molecular formula is C10H19ClN2OS. The molecular weight excluding hydrogens is 232 g/mol. The van der Waals surface area contributed by atoms with E-state index in [4.69, 9.17) is 11.6 Å². The van der Waals surface area contributed by atoms with Crippen LogP contribution in [0.25, 0.3) is 0 Å². The summed E-state index contributed by atoms with van der Waals surface area (Å²) >= 11 is 7.56. The molecule has 88 valence electrons. The van der Waals surface area contributed by atoms with E-state index in [-0.39, 0.29) is 11.8 Å². The third-order valence-electron chi connectivity index (χ3n) is 2.45. The number of hydrogen-bond acceptors (Lipinski definition) is 3. The van der Waals surface area contributed by atoms with Crippen LogP contribution in [0.5, 0.6) is 0 Å². The highest BCUT2D eigenvalue weighted by atomic mass is 35.5. The van der Waals surface area contributed by atoms with E-state index in [9.17, 15) is 4.79 Å². The smallest absolute Gasteiger partial charge is 0.237 e. The van der Waals surface area contributed by atoms with Gasteiger partial charge in [-0.05, 0) is 26.3 Å². The first-order valence-electron chi connectivity index (χ1n) is 5.23. The highest BCUT2D eigenvalue weighted by Crippen LogP contribution is 2.17. The molecule has 0 aromatic rings. The van der Waals surface area contributed by atoms with Gasteiger partial charge in [-0.3, -0.25) is 4.79 Å². The van der Waals surface area contributed by atoms with E-state index in [0.29, 0.717) is 6.04 Å². The predicted octanol–water partition coefficient (Wildman–Crippen LogP) is 1.12. The Morgan fingerprint density at radius 3 is 2.93 bits per heavy atom. The quantitative estimate of drug-likeness (QED) is 0.702. The van der Waals surface area contributed by atoms with Gasteiger partial charge in [0, 0.05) is 18.8 Å². The molecule has 3 nitrogen and oxygen atoms in total. The number of nitrogens with zero attached hydrogens (tertiary/aromatic N) is 2. The standard InChI is InChI=1S/C10H19ClN2OS/c1-12(2)7-9-8-15-5-3-4-13(9)10(14)6-11/h9H,3-8H2,1-2H3. The van der Waals surface area contributed by atoms with Crippen LogP contribution >= 0.6 is 23.4 Å². The lowest BCUT2D eigenvalue weighted by Gasteiger charge is -2.31. The molecule has 15 heavy (non-hydrogen) atoms. The minimum atomic E-state index is 0.0750. The highest BCUT2D eigenvalue weighted by molar-refractivity contribution is 7.99. The van der Waals surface area contributed by atoms with Gasteiger partial charge in [0.15, 0.2) is 0 Å². The number of likely N-dealkylation sites (N-methyl/N-ethyl adjacent to an activating group) is 1. The van der Waals surface area contributed by atoms with Crippen LogP contribution in [0, 0.1) is 0 Å². The molecule has 0 N–H and O–H groups in total. The maximum absolute atomic E-state index is 11.7. The summed E-state index contributed by atoms with van der Waals surface area (Å²) in [6, 6.07) is 0.318. The number of carbonyl (C=O) groups is 1. The maximum atomic E-state index is 11.7. The molecule has 1 heterocycles. The highest BCUT2D eigenvalue weighted by Gasteiger charge is 2.25. The summed E-state index contributed by atoms with van der Waals surface area (Å²) in [6.07, 6.45) is 1.08. The van der Waals surface area contributed by atoms with E-state index in [1.54, 1.807) is 0 Å². The molecule has 0 aromatic carbocycles. The SMILES string of the molecule is CN(C)CC1CSCCCN1C(=O)CCl. The Morgan fingerprint density at radius 1 is 1.60 bits per heavy atom. The average Bonchev–Trinajstić information content (AvgIpc) is 2.41. The molecule has 0 spiro atoms. The van der Waals surface area contributed by atoms with Gasteiger partial charge < -0.3 is 9.80 Å². The molecule has 0 bridgehead atoms. The zero-order valence-corrected chi connectivity index (χ0v) is 11.0. The first-order valence-corrected chi connectivity index (χ1v) is 6.92. The Hall–Kier alpha value is 0.0700. The van der Waals surface area contributed by atoms with Gasteiger partial charge in [-0.15, -0.1) is 11.6 Å². The third-order valence-corrected chi connectivity index (χ3v) is 3.88. The number of halogens is 1. The van der Waals surface area contributed by atoms with Crippen LogP contribution in [0.4, 0.5) is 0 Å². The monoisotopic (exact) mass is 250 g/mol. The predicted molar refractivity (Wildman–Crippen MR) is 66.7 cm³/mol. The summed E-state index contributed by atoms with van der Waals surface area (Å²) in [6.45, 7) is 1.78. The summed E-state index contributed by atoms with van der Waals surface area (Å²) < 4.78 is 0.